The Hall–Kier alpha value is -3.40. The maximum absolute atomic E-state index is 14.1. The SMILES string of the molecule is CCOc1ccc(S(=O)(=O)Nc2ccc(Nc3cc(N4CCCC4)nc(C)n3)cc2)cc1F. The number of nitrogens with zero attached hydrogens (tertiary/aromatic N) is 3. The second-order valence-corrected chi connectivity index (χ2v) is 9.37. The third-order valence-electron chi connectivity index (χ3n) is 5.18. The number of rotatable bonds is 8. The van der Waals surface area contributed by atoms with Crippen LogP contribution in [-0.4, -0.2) is 38.1 Å². The van der Waals surface area contributed by atoms with Crippen LogP contribution in [0.3, 0.4) is 0 Å². The Morgan fingerprint density at radius 1 is 1.03 bits per heavy atom. The summed E-state index contributed by atoms with van der Waals surface area (Å²) in [4.78, 5) is 11.0. The summed E-state index contributed by atoms with van der Waals surface area (Å²) in [5.41, 5.74) is 1.10. The molecule has 174 valence electrons. The number of halogens is 1. The molecular formula is C23H26FN5O3S. The lowest BCUT2D eigenvalue weighted by atomic mass is 10.3. The van der Waals surface area contributed by atoms with Crippen molar-refractivity contribution in [2.45, 2.75) is 31.6 Å². The van der Waals surface area contributed by atoms with Gasteiger partial charge in [-0.15, -0.1) is 0 Å². The molecule has 0 unspecified atom stereocenters. The highest BCUT2D eigenvalue weighted by Gasteiger charge is 2.18. The monoisotopic (exact) mass is 471 g/mol. The Morgan fingerprint density at radius 2 is 1.73 bits per heavy atom. The number of hydrogen-bond acceptors (Lipinski definition) is 7. The van der Waals surface area contributed by atoms with Gasteiger partial charge in [-0.25, -0.2) is 22.8 Å². The Morgan fingerprint density at radius 3 is 2.39 bits per heavy atom. The van der Waals surface area contributed by atoms with E-state index in [1.807, 2.05) is 13.0 Å². The zero-order chi connectivity index (χ0) is 23.4. The minimum Gasteiger partial charge on any atom is -0.491 e. The molecule has 4 rings (SSSR count). The quantitative estimate of drug-likeness (QED) is 0.500. The van der Waals surface area contributed by atoms with Crippen molar-refractivity contribution in [3.63, 3.8) is 0 Å². The molecule has 0 amide bonds. The Bertz CT molecular complexity index is 1230. The lowest BCUT2D eigenvalue weighted by molar-refractivity contribution is 0.321. The number of nitrogens with one attached hydrogen (secondary N) is 2. The van der Waals surface area contributed by atoms with Crippen molar-refractivity contribution in [2.24, 2.45) is 0 Å². The van der Waals surface area contributed by atoms with Gasteiger partial charge in [-0.1, -0.05) is 0 Å². The van der Waals surface area contributed by atoms with Gasteiger partial charge in [-0.3, -0.25) is 4.72 Å². The summed E-state index contributed by atoms with van der Waals surface area (Å²) in [5.74, 6) is 1.53. The van der Waals surface area contributed by atoms with Crippen molar-refractivity contribution in [3.8, 4) is 5.75 Å². The molecule has 2 N–H and O–H groups in total. The van der Waals surface area contributed by atoms with Crippen molar-refractivity contribution in [3.05, 3.63) is 60.2 Å². The van der Waals surface area contributed by atoms with Gasteiger partial charge < -0.3 is 15.0 Å². The van der Waals surface area contributed by atoms with Gasteiger partial charge in [0.15, 0.2) is 11.6 Å². The van der Waals surface area contributed by atoms with E-state index in [0.717, 1.165) is 43.5 Å². The maximum atomic E-state index is 14.1. The molecule has 1 aliphatic heterocycles. The van der Waals surface area contributed by atoms with Gasteiger partial charge in [0.25, 0.3) is 10.0 Å². The van der Waals surface area contributed by atoms with Crippen LogP contribution >= 0.6 is 0 Å². The normalized spacial score (nSPS) is 13.7. The molecule has 1 aromatic heterocycles. The lowest BCUT2D eigenvalue weighted by Crippen LogP contribution is -2.19. The van der Waals surface area contributed by atoms with Crippen LogP contribution in [0.4, 0.5) is 27.4 Å². The first-order chi connectivity index (χ1) is 15.8. The fraction of sp³-hybridized carbons (Fsp3) is 0.304. The van der Waals surface area contributed by atoms with E-state index >= 15 is 0 Å². The molecule has 1 saturated heterocycles. The molecule has 0 aliphatic carbocycles. The minimum atomic E-state index is -3.95. The van der Waals surface area contributed by atoms with Gasteiger partial charge in [-0.05, 0) is 69.2 Å². The number of aryl methyl sites for hydroxylation is 1. The van der Waals surface area contributed by atoms with Crippen molar-refractivity contribution >= 4 is 33.0 Å². The van der Waals surface area contributed by atoms with Crippen LogP contribution in [0.1, 0.15) is 25.6 Å². The van der Waals surface area contributed by atoms with Crippen LogP contribution in [0, 0.1) is 12.7 Å². The van der Waals surface area contributed by atoms with Gasteiger partial charge in [0.05, 0.1) is 11.5 Å². The predicted octanol–water partition coefficient (Wildman–Crippen LogP) is 4.47. The molecule has 0 bridgehead atoms. The second-order valence-electron chi connectivity index (χ2n) is 7.69. The number of hydrogen-bond donors (Lipinski definition) is 2. The standard InChI is InChI=1S/C23H26FN5O3S/c1-3-32-21-11-10-19(14-20(21)24)33(30,31)28-18-8-6-17(7-9-18)27-22-15-23(26-16(2)25-22)29-12-4-5-13-29/h6-11,14-15,28H,3-5,12-13H2,1-2H3,(H,25,26,27). The first-order valence-electron chi connectivity index (χ1n) is 10.8. The highest BCUT2D eigenvalue weighted by atomic mass is 32.2. The van der Waals surface area contributed by atoms with Crippen LogP contribution in [0.2, 0.25) is 0 Å². The fourth-order valence-electron chi connectivity index (χ4n) is 3.63. The summed E-state index contributed by atoms with van der Waals surface area (Å²) < 4.78 is 47.0. The third-order valence-corrected chi connectivity index (χ3v) is 6.56. The minimum absolute atomic E-state index is 0.0136. The van der Waals surface area contributed by atoms with E-state index in [1.165, 1.54) is 12.1 Å². The molecule has 2 aromatic carbocycles. The van der Waals surface area contributed by atoms with Gasteiger partial charge in [-0.2, -0.15) is 0 Å². The third kappa shape index (κ3) is 5.51. The van der Waals surface area contributed by atoms with Gasteiger partial charge >= 0.3 is 0 Å². The van der Waals surface area contributed by atoms with E-state index in [9.17, 15) is 12.8 Å². The van der Waals surface area contributed by atoms with E-state index in [0.29, 0.717) is 17.3 Å². The Kier molecular flexibility index (Phi) is 6.64. The molecule has 0 atom stereocenters. The molecule has 8 nitrogen and oxygen atoms in total. The topological polar surface area (TPSA) is 96.5 Å². The summed E-state index contributed by atoms with van der Waals surface area (Å²) in [7, 11) is -3.95. The second kappa shape index (κ2) is 9.62. The number of aromatic nitrogens is 2. The molecule has 1 fully saturated rings. The summed E-state index contributed by atoms with van der Waals surface area (Å²) >= 11 is 0. The van der Waals surface area contributed by atoms with Crippen molar-refractivity contribution in [2.75, 3.05) is 34.6 Å². The van der Waals surface area contributed by atoms with E-state index < -0.39 is 15.8 Å². The molecule has 0 saturated carbocycles. The largest absolute Gasteiger partial charge is 0.491 e. The van der Waals surface area contributed by atoms with Crippen LogP contribution < -0.4 is 19.7 Å². The Labute approximate surface area is 192 Å². The van der Waals surface area contributed by atoms with Crippen LogP contribution in [-0.2, 0) is 10.0 Å². The number of ether oxygens (including phenoxy) is 1. The predicted molar refractivity (Wildman–Crippen MR) is 126 cm³/mol. The molecule has 1 aliphatic rings. The average Bonchev–Trinajstić information content (AvgIpc) is 3.31. The summed E-state index contributed by atoms with van der Waals surface area (Å²) in [6.07, 6.45) is 2.32. The molecule has 2 heterocycles. The molecule has 0 spiro atoms. The lowest BCUT2D eigenvalue weighted by Gasteiger charge is -2.18. The molecule has 3 aromatic rings. The van der Waals surface area contributed by atoms with Crippen molar-refractivity contribution in [1.29, 1.82) is 0 Å². The maximum Gasteiger partial charge on any atom is 0.262 e. The number of benzene rings is 2. The molecule has 0 radical (unpaired) electrons. The molecule has 33 heavy (non-hydrogen) atoms. The molecular weight excluding hydrogens is 445 g/mol. The fourth-order valence-corrected chi connectivity index (χ4v) is 4.70. The average molecular weight is 472 g/mol. The van der Waals surface area contributed by atoms with E-state index in [2.05, 4.69) is 24.9 Å². The van der Waals surface area contributed by atoms with E-state index in [4.69, 9.17) is 4.74 Å². The van der Waals surface area contributed by atoms with Crippen LogP contribution in [0.15, 0.2) is 53.4 Å². The smallest absolute Gasteiger partial charge is 0.262 e. The first kappa shape index (κ1) is 22.8. The van der Waals surface area contributed by atoms with Crippen LogP contribution in [0.25, 0.3) is 0 Å². The highest BCUT2D eigenvalue weighted by molar-refractivity contribution is 7.92. The highest BCUT2D eigenvalue weighted by Crippen LogP contribution is 2.26. The van der Waals surface area contributed by atoms with E-state index in [1.54, 1.807) is 31.2 Å². The van der Waals surface area contributed by atoms with Gasteiger partial charge in [0.2, 0.25) is 0 Å². The zero-order valence-electron chi connectivity index (χ0n) is 18.5. The van der Waals surface area contributed by atoms with Crippen LogP contribution in [0.5, 0.6) is 5.75 Å². The summed E-state index contributed by atoms with van der Waals surface area (Å²) in [5, 5.41) is 3.24. The summed E-state index contributed by atoms with van der Waals surface area (Å²) in [6.45, 7) is 5.84. The van der Waals surface area contributed by atoms with Gasteiger partial charge in [0, 0.05) is 30.5 Å². The zero-order valence-corrected chi connectivity index (χ0v) is 19.3. The number of anilines is 4. The summed E-state index contributed by atoms with van der Waals surface area (Å²) in [6, 6.07) is 12.2. The van der Waals surface area contributed by atoms with Crippen molar-refractivity contribution < 1.29 is 17.5 Å². The number of sulfonamides is 1. The van der Waals surface area contributed by atoms with E-state index in [-0.39, 0.29) is 17.3 Å². The van der Waals surface area contributed by atoms with Gasteiger partial charge in [0.1, 0.15) is 17.5 Å². The Balaban J connectivity index is 1.46. The van der Waals surface area contributed by atoms with Crippen molar-refractivity contribution in [1.82, 2.24) is 9.97 Å². The molecule has 10 heteroatoms. The first-order valence-corrected chi connectivity index (χ1v) is 12.3.